The number of carbonyl (C=O) groups excluding carboxylic acids is 1. The zero-order valence-electron chi connectivity index (χ0n) is 11.2. The minimum absolute atomic E-state index is 0.340. The molecule has 1 aromatic carbocycles. The first-order valence-corrected chi connectivity index (χ1v) is 7.27. The molecule has 0 bridgehead atoms. The Hall–Kier alpha value is -0.760. The van der Waals surface area contributed by atoms with Crippen molar-refractivity contribution in [1.29, 1.82) is 0 Å². The van der Waals surface area contributed by atoms with E-state index in [1.807, 2.05) is 6.07 Å². The van der Waals surface area contributed by atoms with Crippen molar-refractivity contribution < 1.29 is 4.79 Å². The summed E-state index contributed by atoms with van der Waals surface area (Å²) in [5, 5.41) is 0.580. The maximum atomic E-state index is 11.9. The maximum absolute atomic E-state index is 11.9. The van der Waals surface area contributed by atoms with Crippen molar-refractivity contribution in [2.45, 2.75) is 45.8 Å². The fourth-order valence-corrected chi connectivity index (χ4v) is 2.54. The molecule has 1 atom stereocenters. The van der Waals surface area contributed by atoms with Gasteiger partial charge in [0, 0.05) is 11.7 Å². The second-order valence-corrected chi connectivity index (χ2v) is 6.04. The quantitative estimate of drug-likeness (QED) is 0.760. The predicted molar refractivity (Wildman–Crippen MR) is 76.8 cm³/mol. The molecule has 1 unspecified atom stereocenters. The first-order chi connectivity index (χ1) is 8.04. The van der Waals surface area contributed by atoms with E-state index in [9.17, 15) is 4.79 Å². The number of hydrogen-bond donors (Lipinski definition) is 0. The lowest BCUT2D eigenvalue weighted by molar-refractivity contribution is -0.116. The van der Waals surface area contributed by atoms with Gasteiger partial charge in [0.1, 0.15) is 5.78 Å². The fraction of sp³-hybridized carbons (Fsp3) is 0.533. The molecule has 0 spiro atoms. The number of carbonyl (C=O) groups is 1. The van der Waals surface area contributed by atoms with Crippen molar-refractivity contribution in [1.82, 2.24) is 0 Å². The molecular formula is C15H22OS. The largest absolute Gasteiger partial charge is 0.298 e. The second-order valence-electron chi connectivity index (χ2n) is 4.62. The first-order valence-electron chi connectivity index (χ1n) is 6.23. The SMILES string of the molecule is CCC(C)SCC(=O)Cc1c(C)cccc1C. The summed E-state index contributed by atoms with van der Waals surface area (Å²) in [7, 11) is 0. The lowest BCUT2D eigenvalue weighted by Crippen LogP contribution is -2.10. The van der Waals surface area contributed by atoms with Crippen LogP contribution in [0.5, 0.6) is 0 Å². The van der Waals surface area contributed by atoms with E-state index in [-0.39, 0.29) is 0 Å². The highest BCUT2D eigenvalue weighted by molar-refractivity contribution is 8.00. The zero-order valence-corrected chi connectivity index (χ0v) is 12.1. The summed E-state index contributed by atoms with van der Waals surface area (Å²) in [6, 6.07) is 6.21. The van der Waals surface area contributed by atoms with Gasteiger partial charge in [-0.25, -0.2) is 0 Å². The van der Waals surface area contributed by atoms with Crippen molar-refractivity contribution in [3.63, 3.8) is 0 Å². The van der Waals surface area contributed by atoms with E-state index in [1.165, 1.54) is 16.7 Å². The normalized spacial score (nSPS) is 12.5. The van der Waals surface area contributed by atoms with E-state index in [0.29, 0.717) is 23.2 Å². The van der Waals surface area contributed by atoms with Gasteiger partial charge in [-0.15, -0.1) is 0 Å². The van der Waals surface area contributed by atoms with Gasteiger partial charge >= 0.3 is 0 Å². The van der Waals surface area contributed by atoms with Gasteiger partial charge in [-0.3, -0.25) is 4.79 Å². The molecular weight excluding hydrogens is 228 g/mol. The number of benzene rings is 1. The summed E-state index contributed by atoms with van der Waals surface area (Å²) in [5.41, 5.74) is 3.67. The molecule has 0 N–H and O–H groups in total. The van der Waals surface area contributed by atoms with Gasteiger partial charge in [-0.2, -0.15) is 11.8 Å². The van der Waals surface area contributed by atoms with Crippen molar-refractivity contribution in [3.05, 3.63) is 34.9 Å². The van der Waals surface area contributed by atoms with Crippen LogP contribution in [-0.4, -0.2) is 16.8 Å². The van der Waals surface area contributed by atoms with Gasteiger partial charge in [0.05, 0.1) is 5.75 Å². The number of thioether (sulfide) groups is 1. The highest BCUT2D eigenvalue weighted by Gasteiger charge is 2.10. The molecule has 0 fully saturated rings. The highest BCUT2D eigenvalue weighted by Crippen LogP contribution is 2.17. The Morgan fingerprint density at radius 2 is 1.88 bits per heavy atom. The molecule has 0 aromatic heterocycles. The fourth-order valence-electron chi connectivity index (χ4n) is 1.73. The smallest absolute Gasteiger partial charge is 0.147 e. The molecule has 0 aliphatic carbocycles. The molecule has 0 aliphatic rings. The molecule has 1 nitrogen and oxygen atoms in total. The van der Waals surface area contributed by atoms with Crippen LogP contribution in [0.25, 0.3) is 0 Å². The zero-order chi connectivity index (χ0) is 12.8. The standard InChI is InChI=1S/C15H22OS/c1-5-13(4)17-10-14(16)9-15-11(2)7-6-8-12(15)3/h6-8,13H,5,9-10H2,1-4H3. The third-order valence-electron chi connectivity index (χ3n) is 3.12. The Morgan fingerprint density at radius 1 is 1.29 bits per heavy atom. The van der Waals surface area contributed by atoms with E-state index in [2.05, 4.69) is 39.8 Å². The number of Topliss-reactive ketones (excluding diaryl/α,β-unsaturated/α-hetero) is 1. The van der Waals surface area contributed by atoms with Gasteiger partial charge in [-0.1, -0.05) is 32.0 Å². The summed E-state index contributed by atoms with van der Waals surface area (Å²) in [5.74, 6) is 0.982. The summed E-state index contributed by atoms with van der Waals surface area (Å²) >= 11 is 1.77. The van der Waals surface area contributed by atoms with Crippen molar-refractivity contribution >= 4 is 17.5 Å². The van der Waals surface area contributed by atoms with Crippen molar-refractivity contribution in [2.75, 3.05) is 5.75 Å². The Morgan fingerprint density at radius 3 is 2.41 bits per heavy atom. The van der Waals surface area contributed by atoms with Crippen LogP contribution in [0.2, 0.25) is 0 Å². The Labute approximate surface area is 109 Å². The van der Waals surface area contributed by atoms with Gasteiger partial charge in [-0.05, 0) is 37.0 Å². The maximum Gasteiger partial charge on any atom is 0.147 e. The number of hydrogen-bond acceptors (Lipinski definition) is 2. The number of rotatable bonds is 6. The number of ketones is 1. The topological polar surface area (TPSA) is 17.1 Å². The lowest BCUT2D eigenvalue weighted by Gasteiger charge is -2.10. The predicted octanol–water partition coefficient (Wildman–Crippen LogP) is 3.95. The average Bonchev–Trinajstić information content (AvgIpc) is 2.31. The molecule has 94 valence electrons. The molecule has 1 rings (SSSR count). The van der Waals surface area contributed by atoms with Crippen molar-refractivity contribution in [2.24, 2.45) is 0 Å². The Bertz CT molecular complexity index is 364. The average molecular weight is 250 g/mol. The molecule has 0 radical (unpaired) electrons. The van der Waals surface area contributed by atoms with Crippen LogP contribution in [0.4, 0.5) is 0 Å². The molecule has 0 aliphatic heterocycles. The summed E-state index contributed by atoms with van der Waals surface area (Å²) in [4.78, 5) is 11.9. The van der Waals surface area contributed by atoms with Crippen LogP contribution in [0.1, 0.15) is 37.0 Å². The third-order valence-corrected chi connectivity index (χ3v) is 4.51. The van der Waals surface area contributed by atoms with Crippen LogP contribution < -0.4 is 0 Å². The van der Waals surface area contributed by atoms with Gasteiger partial charge in [0.15, 0.2) is 0 Å². The van der Waals surface area contributed by atoms with E-state index in [1.54, 1.807) is 11.8 Å². The van der Waals surface area contributed by atoms with Crippen LogP contribution in [0, 0.1) is 13.8 Å². The first kappa shape index (κ1) is 14.3. The minimum Gasteiger partial charge on any atom is -0.298 e. The number of aryl methyl sites for hydroxylation is 2. The van der Waals surface area contributed by atoms with Crippen LogP contribution in [0.3, 0.4) is 0 Å². The second kappa shape index (κ2) is 6.85. The van der Waals surface area contributed by atoms with Gasteiger partial charge in [0.2, 0.25) is 0 Å². The van der Waals surface area contributed by atoms with Gasteiger partial charge in [0.25, 0.3) is 0 Å². The van der Waals surface area contributed by atoms with E-state index < -0.39 is 0 Å². The molecule has 1 aromatic rings. The summed E-state index contributed by atoms with van der Waals surface area (Å²) in [6.45, 7) is 8.50. The monoisotopic (exact) mass is 250 g/mol. The van der Waals surface area contributed by atoms with E-state index in [0.717, 1.165) is 6.42 Å². The molecule has 17 heavy (non-hydrogen) atoms. The highest BCUT2D eigenvalue weighted by atomic mass is 32.2. The molecule has 0 saturated carbocycles. The van der Waals surface area contributed by atoms with Crippen LogP contribution in [0.15, 0.2) is 18.2 Å². The molecule has 0 saturated heterocycles. The van der Waals surface area contributed by atoms with Gasteiger partial charge < -0.3 is 0 Å². The summed E-state index contributed by atoms with van der Waals surface area (Å²) in [6.07, 6.45) is 1.71. The van der Waals surface area contributed by atoms with E-state index in [4.69, 9.17) is 0 Å². The third kappa shape index (κ3) is 4.55. The lowest BCUT2D eigenvalue weighted by atomic mass is 9.99. The van der Waals surface area contributed by atoms with Crippen molar-refractivity contribution in [3.8, 4) is 0 Å². The Kier molecular flexibility index (Phi) is 5.76. The molecule has 0 heterocycles. The minimum atomic E-state index is 0.340. The van der Waals surface area contributed by atoms with Crippen LogP contribution in [-0.2, 0) is 11.2 Å². The molecule has 2 heteroatoms. The molecule has 0 amide bonds. The summed E-state index contributed by atoms with van der Waals surface area (Å²) < 4.78 is 0. The van der Waals surface area contributed by atoms with Crippen LogP contribution >= 0.6 is 11.8 Å². The van der Waals surface area contributed by atoms with E-state index >= 15 is 0 Å². The Balaban J connectivity index is 2.56.